The number of rotatable bonds is 4. The smallest absolute Gasteiger partial charge is 0.136 e. The number of nitrogens with one attached hydrogen (secondary N) is 1. The molecule has 1 aromatic heterocycles. The molecule has 5 heteroatoms. The average Bonchev–Trinajstić information content (AvgIpc) is 2.58. The predicted octanol–water partition coefficient (Wildman–Crippen LogP) is 2.17. The van der Waals surface area contributed by atoms with Gasteiger partial charge in [0.2, 0.25) is 0 Å². The van der Waals surface area contributed by atoms with Gasteiger partial charge < -0.3 is 4.55 Å². The quantitative estimate of drug-likeness (QED) is 0.841. The van der Waals surface area contributed by atoms with Crippen molar-refractivity contribution in [3.05, 3.63) is 18.0 Å². The fourth-order valence-electron chi connectivity index (χ4n) is 1.48. The average molecular weight is 257 g/mol. The molecule has 1 heterocycles. The fourth-order valence-corrected chi connectivity index (χ4v) is 2.47. The Hall–Kier alpha value is -0.520. The third-order valence-electron chi connectivity index (χ3n) is 2.54. The summed E-state index contributed by atoms with van der Waals surface area (Å²) >= 11 is -1.07. The Bertz CT molecular complexity index is 357. The molecule has 1 rings (SSSR count). The molecule has 2 atom stereocenters. The van der Waals surface area contributed by atoms with Crippen molar-refractivity contribution in [1.82, 2.24) is 14.5 Å². The Morgan fingerprint density at radius 1 is 1.41 bits per heavy atom. The van der Waals surface area contributed by atoms with E-state index in [0.29, 0.717) is 5.92 Å². The highest BCUT2D eigenvalue weighted by molar-refractivity contribution is 7.90. The van der Waals surface area contributed by atoms with Crippen LogP contribution in [0, 0.1) is 5.92 Å². The summed E-state index contributed by atoms with van der Waals surface area (Å²) in [6, 6.07) is 0.0729. The molecule has 98 valence electrons. The van der Waals surface area contributed by atoms with Gasteiger partial charge in [-0.25, -0.2) is 0 Å². The molecule has 17 heavy (non-hydrogen) atoms. The van der Waals surface area contributed by atoms with Crippen molar-refractivity contribution < 1.29 is 4.55 Å². The van der Waals surface area contributed by atoms with E-state index in [2.05, 4.69) is 23.7 Å². The van der Waals surface area contributed by atoms with Crippen LogP contribution in [0.4, 0.5) is 0 Å². The van der Waals surface area contributed by atoms with Gasteiger partial charge >= 0.3 is 0 Å². The van der Waals surface area contributed by atoms with E-state index >= 15 is 0 Å². The summed E-state index contributed by atoms with van der Waals surface area (Å²) < 4.78 is 16.9. The first-order valence-corrected chi connectivity index (χ1v) is 7.03. The molecule has 0 saturated carbocycles. The van der Waals surface area contributed by atoms with Crippen molar-refractivity contribution >= 4 is 11.4 Å². The molecule has 0 spiro atoms. The van der Waals surface area contributed by atoms with Crippen LogP contribution in [0.1, 0.15) is 46.2 Å². The van der Waals surface area contributed by atoms with Gasteiger partial charge in [-0.05, 0) is 26.7 Å². The zero-order valence-electron chi connectivity index (χ0n) is 11.5. The van der Waals surface area contributed by atoms with Crippen LogP contribution >= 0.6 is 0 Å². The zero-order valence-corrected chi connectivity index (χ0v) is 12.3. The summed E-state index contributed by atoms with van der Waals surface area (Å²) in [5, 5.41) is 4.17. The summed E-state index contributed by atoms with van der Waals surface area (Å²) in [6.07, 6.45) is 3.80. The van der Waals surface area contributed by atoms with Gasteiger partial charge in [0.15, 0.2) is 0 Å². The monoisotopic (exact) mass is 257 g/mol. The Kier molecular flexibility index (Phi) is 4.63. The van der Waals surface area contributed by atoms with Crippen LogP contribution < -0.4 is 4.72 Å². The van der Waals surface area contributed by atoms with Crippen molar-refractivity contribution in [2.75, 3.05) is 0 Å². The second kappa shape index (κ2) is 5.42. The van der Waals surface area contributed by atoms with E-state index in [-0.39, 0.29) is 10.8 Å². The highest BCUT2D eigenvalue weighted by Gasteiger charge is 2.31. The molecule has 0 fully saturated rings. The van der Waals surface area contributed by atoms with Gasteiger partial charge in [0.25, 0.3) is 0 Å². The van der Waals surface area contributed by atoms with Crippen LogP contribution in [0.2, 0.25) is 0 Å². The molecule has 0 saturated heterocycles. The van der Waals surface area contributed by atoms with Gasteiger partial charge in [-0.15, -0.1) is 4.72 Å². The van der Waals surface area contributed by atoms with Crippen molar-refractivity contribution in [2.24, 2.45) is 13.0 Å². The lowest BCUT2D eigenvalue weighted by Gasteiger charge is -2.29. The molecular formula is C12H23N3OS. The molecule has 0 aliphatic heterocycles. The molecule has 0 radical (unpaired) electrons. The second-order valence-electron chi connectivity index (χ2n) is 5.67. The third kappa shape index (κ3) is 4.01. The van der Waals surface area contributed by atoms with Crippen LogP contribution in [0.25, 0.3) is 0 Å². The first-order valence-electron chi connectivity index (χ1n) is 5.88. The van der Waals surface area contributed by atoms with Crippen LogP contribution in [0.5, 0.6) is 0 Å². The van der Waals surface area contributed by atoms with Crippen LogP contribution in [0.15, 0.2) is 12.4 Å². The van der Waals surface area contributed by atoms with Gasteiger partial charge in [-0.2, -0.15) is 5.10 Å². The maximum absolute atomic E-state index is 12.1. The Labute approximate surface area is 107 Å². The van der Waals surface area contributed by atoms with Crippen LogP contribution in [-0.4, -0.2) is 19.1 Å². The number of nitrogens with zero attached hydrogens (tertiary/aromatic N) is 2. The summed E-state index contributed by atoms with van der Waals surface area (Å²) in [5.74, 6) is 0.366. The van der Waals surface area contributed by atoms with Crippen molar-refractivity contribution in [3.8, 4) is 0 Å². The molecule has 4 nitrogen and oxygen atoms in total. The lowest BCUT2D eigenvalue weighted by atomic mass is 10.0. The van der Waals surface area contributed by atoms with E-state index in [1.165, 1.54) is 0 Å². The zero-order chi connectivity index (χ0) is 13.2. The standard InChI is InChI=1S/C12H23N3OS/c1-9(2)11(10-7-13-15(6)8-10)14-17(16)12(3,4)5/h7-9,11,14H,1-6H3/t11-,17+/m0/s1. The van der Waals surface area contributed by atoms with Gasteiger partial charge in [0.05, 0.1) is 12.2 Å². The first-order chi connectivity index (χ1) is 7.71. The normalized spacial score (nSPS) is 16.2. The van der Waals surface area contributed by atoms with Crippen LogP contribution in [0.3, 0.4) is 0 Å². The summed E-state index contributed by atoms with van der Waals surface area (Å²) in [4.78, 5) is 0. The lowest BCUT2D eigenvalue weighted by molar-refractivity contribution is 0.452. The third-order valence-corrected chi connectivity index (χ3v) is 4.12. The topological polar surface area (TPSA) is 52.9 Å². The molecule has 0 unspecified atom stereocenters. The number of hydrogen-bond acceptors (Lipinski definition) is 3. The van der Waals surface area contributed by atoms with E-state index in [0.717, 1.165) is 5.56 Å². The number of aromatic nitrogens is 2. The lowest BCUT2D eigenvalue weighted by Crippen LogP contribution is -2.42. The molecule has 0 aromatic carbocycles. The molecule has 1 N–H and O–H groups in total. The SMILES string of the molecule is CC(C)[C@H](N[S@+]([O-])C(C)(C)C)c1cnn(C)c1. The molecule has 1 aromatic rings. The van der Waals surface area contributed by atoms with Gasteiger partial charge in [-0.1, -0.05) is 13.8 Å². The van der Waals surface area contributed by atoms with Crippen molar-refractivity contribution in [3.63, 3.8) is 0 Å². The largest absolute Gasteiger partial charge is 0.598 e. The van der Waals surface area contributed by atoms with E-state index in [1.807, 2.05) is 40.2 Å². The van der Waals surface area contributed by atoms with Crippen molar-refractivity contribution in [2.45, 2.75) is 45.4 Å². The predicted molar refractivity (Wildman–Crippen MR) is 71.8 cm³/mol. The van der Waals surface area contributed by atoms with Gasteiger partial charge in [-0.3, -0.25) is 4.68 Å². The highest BCUT2D eigenvalue weighted by Crippen LogP contribution is 2.25. The fraction of sp³-hybridized carbons (Fsp3) is 0.750. The minimum absolute atomic E-state index is 0.0729. The minimum Gasteiger partial charge on any atom is -0.598 e. The molecule has 0 aliphatic rings. The Balaban J connectivity index is 2.81. The first kappa shape index (κ1) is 14.5. The molecule has 0 bridgehead atoms. The number of hydrogen-bond donors (Lipinski definition) is 1. The highest BCUT2D eigenvalue weighted by atomic mass is 32.2. The van der Waals surface area contributed by atoms with E-state index in [4.69, 9.17) is 0 Å². The van der Waals surface area contributed by atoms with E-state index in [1.54, 1.807) is 4.68 Å². The molecular weight excluding hydrogens is 234 g/mol. The Morgan fingerprint density at radius 2 is 2.00 bits per heavy atom. The molecule has 0 aliphatic carbocycles. The minimum atomic E-state index is -1.07. The van der Waals surface area contributed by atoms with E-state index in [9.17, 15) is 4.55 Å². The maximum Gasteiger partial charge on any atom is 0.136 e. The van der Waals surface area contributed by atoms with Gasteiger partial charge in [0.1, 0.15) is 4.75 Å². The second-order valence-corrected chi connectivity index (χ2v) is 7.67. The summed E-state index contributed by atoms with van der Waals surface area (Å²) in [7, 11) is 1.89. The maximum atomic E-state index is 12.1. The Morgan fingerprint density at radius 3 is 2.35 bits per heavy atom. The van der Waals surface area contributed by atoms with Gasteiger partial charge in [0, 0.05) is 30.2 Å². The van der Waals surface area contributed by atoms with Crippen molar-refractivity contribution in [1.29, 1.82) is 0 Å². The summed E-state index contributed by atoms with van der Waals surface area (Å²) in [5.41, 5.74) is 1.08. The molecule has 0 amide bonds. The number of aryl methyl sites for hydroxylation is 1. The van der Waals surface area contributed by atoms with Crippen LogP contribution in [-0.2, 0) is 18.4 Å². The summed E-state index contributed by atoms with van der Waals surface area (Å²) in [6.45, 7) is 10.1. The van der Waals surface area contributed by atoms with E-state index < -0.39 is 11.4 Å².